The van der Waals surface area contributed by atoms with Crippen molar-refractivity contribution in [2.45, 2.75) is 26.4 Å². The van der Waals surface area contributed by atoms with Gasteiger partial charge in [0.05, 0.1) is 10.7 Å². The average Bonchev–Trinajstić information content (AvgIpc) is 2.77. The molecule has 0 saturated heterocycles. The van der Waals surface area contributed by atoms with Crippen molar-refractivity contribution in [3.63, 3.8) is 0 Å². The zero-order valence-electron chi connectivity index (χ0n) is 8.47. The molecule has 2 aromatic rings. The standard InChI is InChI=1S/C9H11N3OS2/c1-5-6(2)15-9(10-5)3-8(13)7-4-14-12-11-7/h4,8,13H,3H2,1-2H3. The summed E-state index contributed by atoms with van der Waals surface area (Å²) in [6.45, 7) is 4.01. The van der Waals surface area contributed by atoms with E-state index < -0.39 is 6.10 Å². The molecule has 15 heavy (non-hydrogen) atoms. The van der Waals surface area contributed by atoms with E-state index in [2.05, 4.69) is 14.6 Å². The van der Waals surface area contributed by atoms with E-state index in [4.69, 9.17) is 0 Å². The molecule has 0 saturated carbocycles. The Morgan fingerprint density at radius 1 is 1.47 bits per heavy atom. The highest BCUT2D eigenvalue weighted by molar-refractivity contribution is 7.11. The fourth-order valence-electron chi connectivity index (χ4n) is 1.21. The van der Waals surface area contributed by atoms with Crippen LogP contribution < -0.4 is 0 Å². The summed E-state index contributed by atoms with van der Waals surface area (Å²) in [4.78, 5) is 5.58. The first-order valence-corrected chi connectivity index (χ1v) is 6.20. The summed E-state index contributed by atoms with van der Waals surface area (Å²) in [5, 5.41) is 16.4. The molecule has 0 aliphatic carbocycles. The smallest absolute Gasteiger partial charge is 0.105 e. The number of hydrogen-bond acceptors (Lipinski definition) is 6. The number of aliphatic hydroxyl groups excluding tert-OH is 1. The lowest BCUT2D eigenvalue weighted by atomic mass is 10.2. The van der Waals surface area contributed by atoms with E-state index in [0.29, 0.717) is 12.1 Å². The summed E-state index contributed by atoms with van der Waals surface area (Å²) >= 11 is 2.87. The Hall–Kier alpha value is -0.850. The van der Waals surface area contributed by atoms with E-state index in [1.165, 1.54) is 16.4 Å². The number of nitrogens with zero attached hydrogens (tertiary/aromatic N) is 3. The number of aromatic nitrogens is 3. The average molecular weight is 241 g/mol. The van der Waals surface area contributed by atoms with Crippen molar-refractivity contribution in [1.82, 2.24) is 14.6 Å². The monoisotopic (exact) mass is 241 g/mol. The SMILES string of the molecule is Cc1nc(CC(O)c2csnn2)sc1C. The van der Waals surface area contributed by atoms with Gasteiger partial charge in [0.25, 0.3) is 0 Å². The third kappa shape index (κ3) is 2.39. The van der Waals surface area contributed by atoms with Crippen LogP contribution in [0.5, 0.6) is 0 Å². The molecule has 0 spiro atoms. The van der Waals surface area contributed by atoms with Gasteiger partial charge in [0.2, 0.25) is 0 Å². The molecule has 1 unspecified atom stereocenters. The molecule has 1 N–H and O–H groups in total. The Balaban J connectivity index is 2.09. The number of rotatable bonds is 3. The third-order valence-electron chi connectivity index (χ3n) is 2.16. The molecule has 0 fully saturated rings. The molecule has 2 rings (SSSR count). The minimum atomic E-state index is -0.589. The quantitative estimate of drug-likeness (QED) is 0.891. The highest BCUT2D eigenvalue weighted by atomic mass is 32.1. The van der Waals surface area contributed by atoms with Crippen molar-refractivity contribution in [2.24, 2.45) is 0 Å². The van der Waals surface area contributed by atoms with Gasteiger partial charge in [0.15, 0.2) is 0 Å². The second-order valence-corrected chi connectivity index (χ2v) is 5.20. The van der Waals surface area contributed by atoms with Gasteiger partial charge in [-0.05, 0) is 25.4 Å². The molecular weight excluding hydrogens is 230 g/mol. The number of aryl methyl sites for hydroxylation is 2. The second kappa shape index (κ2) is 4.34. The van der Waals surface area contributed by atoms with Gasteiger partial charge in [-0.2, -0.15) is 0 Å². The van der Waals surface area contributed by atoms with E-state index in [0.717, 1.165) is 10.7 Å². The normalized spacial score (nSPS) is 13.0. The first kappa shape index (κ1) is 10.7. The molecule has 6 heteroatoms. The van der Waals surface area contributed by atoms with Crippen LogP contribution in [0.15, 0.2) is 5.38 Å². The maximum absolute atomic E-state index is 9.83. The first-order valence-electron chi connectivity index (χ1n) is 4.54. The predicted octanol–water partition coefficient (Wildman–Crippen LogP) is 1.89. The van der Waals surface area contributed by atoms with E-state index in [1.54, 1.807) is 16.7 Å². The van der Waals surface area contributed by atoms with Gasteiger partial charge >= 0.3 is 0 Å². The largest absolute Gasteiger partial charge is 0.386 e. The molecule has 0 aliphatic rings. The molecule has 0 aromatic carbocycles. The maximum Gasteiger partial charge on any atom is 0.105 e. The van der Waals surface area contributed by atoms with Crippen molar-refractivity contribution in [2.75, 3.05) is 0 Å². The summed E-state index contributed by atoms with van der Waals surface area (Å²) in [5.74, 6) is 0. The van der Waals surface area contributed by atoms with Crippen molar-refractivity contribution in [1.29, 1.82) is 0 Å². The minimum Gasteiger partial charge on any atom is -0.386 e. The molecule has 1 atom stereocenters. The fraction of sp³-hybridized carbons (Fsp3) is 0.444. The first-order chi connectivity index (χ1) is 7.16. The molecule has 0 aliphatic heterocycles. The Labute approximate surface area is 95.8 Å². The van der Waals surface area contributed by atoms with Crippen LogP contribution >= 0.6 is 22.9 Å². The zero-order chi connectivity index (χ0) is 10.8. The van der Waals surface area contributed by atoms with E-state index in [9.17, 15) is 5.11 Å². The number of hydrogen-bond donors (Lipinski definition) is 1. The lowest BCUT2D eigenvalue weighted by Gasteiger charge is -2.03. The van der Waals surface area contributed by atoms with E-state index in [1.807, 2.05) is 13.8 Å². The third-order valence-corrected chi connectivity index (χ3v) is 3.78. The molecule has 0 radical (unpaired) electrons. The van der Waals surface area contributed by atoms with Crippen LogP contribution in [0.4, 0.5) is 0 Å². The van der Waals surface area contributed by atoms with Crippen LogP contribution in [0.1, 0.15) is 27.4 Å². The van der Waals surface area contributed by atoms with Crippen molar-refractivity contribution < 1.29 is 5.11 Å². The summed E-state index contributed by atoms with van der Waals surface area (Å²) in [6.07, 6.45) is -0.0706. The molecule has 2 heterocycles. The minimum absolute atomic E-state index is 0.519. The lowest BCUT2D eigenvalue weighted by molar-refractivity contribution is 0.173. The highest BCUT2D eigenvalue weighted by Gasteiger charge is 2.14. The number of thiazole rings is 1. The summed E-state index contributed by atoms with van der Waals surface area (Å²) in [7, 11) is 0. The van der Waals surface area contributed by atoms with Gasteiger partial charge in [0, 0.05) is 16.7 Å². The van der Waals surface area contributed by atoms with Gasteiger partial charge in [-0.15, -0.1) is 16.4 Å². The van der Waals surface area contributed by atoms with Crippen LogP contribution in [0.25, 0.3) is 0 Å². The summed E-state index contributed by atoms with van der Waals surface area (Å²) < 4.78 is 3.72. The summed E-state index contributed by atoms with van der Waals surface area (Å²) in [5.41, 5.74) is 1.67. The maximum atomic E-state index is 9.83. The molecule has 0 amide bonds. The van der Waals surface area contributed by atoms with E-state index >= 15 is 0 Å². The molecule has 4 nitrogen and oxygen atoms in total. The highest BCUT2D eigenvalue weighted by Crippen LogP contribution is 2.22. The fourth-order valence-corrected chi connectivity index (χ4v) is 2.68. The van der Waals surface area contributed by atoms with Gasteiger partial charge in [-0.25, -0.2) is 4.98 Å². The predicted molar refractivity (Wildman–Crippen MR) is 60.2 cm³/mol. The molecule has 80 valence electrons. The van der Waals surface area contributed by atoms with Crippen molar-refractivity contribution in [3.8, 4) is 0 Å². The van der Waals surface area contributed by atoms with Crippen LogP contribution in [0, 0.1) is 13.8 Å². The van der Waals surface area contributed by atoms with Crippen molar-refractivity contribution >= 4 is 22.9 Å². The lowest BCUT2D eigenvalue weighted by Crippen LogP contribution is -2.02. The Morgan fingerprint density at radius 2 is 2.27 bits per heavy atom. The van der Waals surface area contributed by atoms with Gasteiger partial charge in [0.1, 0.15) is 11.8 Å². The Bertz CT molecular complexity index is 419. The van der Waals surface area contributed by atoms with Gasteiger partial charge in [-0.1, -0.05) is 4.49 Å². The summed E-state index contributed by atoms with van der Waals surface area (Å²) in [6, 6.07) is 0. The van der Waals surface area contributed by atoms with E-state index in [-0.39, 0.29) is 0 Å². The zero-order valence-corrected chi connectivity index (χ0v) is 10.1. The Kier molecular flexibility index (Phi) is 3.08. The van der Waals surface area contributed by atoms with Gasteiger partial charge in [-0.3, -0.25) is 0 Å². The van der Waals surface area contributed by atoms with Crippen LogP contribution in [-0.2, 0) is 6.42 Å². The van der Waals surface area contributed by atoms with Crippen LogP contribution in [0.2, 0.25) is 0 Å². The Morgan fingerprint density at radius 3 is 2.80 bits per heavy atom. The molecule has 2 aromatic heterocycles. The topological polar surface area (TPSA) is 58.9 Å². The second-order valence-electron chi connectivity index (χ2n) is 3.30. The van der Waals surface area contributed by atoms with Crippen molar-refractivity contribution in [3.05, 3.63) is 26.7 Å². The molecular formula is C9H11N3OS2. The van der Waals surface area contributed by atoms with Crippen LogP contribution in [0.3, 0.4) is 0 Å². The van der Waals surface area contributed by atoms with Gasteiger partial charge < -0.3 is 5.11 Å². The molecule has 0 bridgehead atoms. The van der Waals surface area contributed by atoms with Crippen LogP contribution in [-0.4, -0.2) is 19.7 Å². The number of aliphatic hydroxyl groups is 1.